The largest absolute Gasteiger partial charge is 0.429 e. The average Bonchev–Trinajstić information content (AvgIpc) is 2.00. The molecule has 0 radical (unpaired) electrons. The lowest BCUT2D eigenvalue weighted by Crippen LogP contribution is -2.56. The van der Waals surface area contributed by atoms with Gasteiger partial charge in [0.05, 0.1) is 0 Å². The zero-order valence-electron chi connectivity index (χ0n) is 7.45. The van der Waals surface area contributed by atoms with Crippen molar-refractivity contribution in [2.24, 2.45) is 0 Å². The van der Waals surface area contributed by atoms with Crippen LogP contribution in [0.4, 0.5) is 17.6 Å². The van der Waals surface area contributed by atoms with E-state index < -0.39 is 17.4 Å². The highest BCUT2D eigenvalue weighted by Crippen LogP contribution is 2.44. The molecule has 0 saturated carbocycles. The minimum Gasteiger partial charge on any atom is -0.386 e. The van der Waals surface area contributed by atoms with Gasteiger partial charge in [0.25, 0.3) is 5.67 Å². The third kappa shape index (κ3) is 1.85. The fourth-order valence-corrected chi connectivity index (χ4v) is 0.898. The van der Waals surface area contributed by atoms with Crippen molar-refractivity contribution in [1.29, 1.82) is 0 Å². The molecule has 0 aliphatic heterocycles. The van der Waals surface area contributed by atoms with E-state index in [0.717, 1.165) is 6.92 Å². The normalized spacial score (nSPS) is 21.8. The van der Waals surface area contributed by atoms with Crippen LogP contribution in [-0.2, 0) is 0 Å². The molecule has 1 N–H and O–H groups in total. The molecule has 2 atom stereocenters. The van der Waals surface area contributed by atoms with Crippen LogP contribution < -0.4 is 0 Å². The molecule has 0 aliphatic carbocycles. The number of alkyl halides is 4. The number of hydrogen-bond acceptors (Lipinski definition) is 1. The van der Waals surface area contributed by atoms with Crippen LogP contribution >= 0.6 is 0 Å². The number of hydrogen-bond donors (Lipinski definition) is 1. The van der Waals surface area contributed by atoms with Crippen LogP contribution in [0.1, 0.15) is 20.3 Å². The minimum atomic E-state index is -5.14. The van der Waals surface area contributed by atoms with Crippen molar-refractivity contribution in [3.8, 4) is 0 Å². The van der Waals surface area contributed by atoms with Gasteiger partial charge in [-0.2, -0.15) is 13.2 Å². The van der Waals surface area contributed by atoms with Crippen LogP contribution in [-0.4, -0.2) is 22.6 Å². The summed E-state index contributed by atoms with van der Waals surface area (Å²) in [5.41, 5.74) is -6.23. The van der Waals surface area contributed by atoms with E-state index in [1.165, 1.54) is 6.92 Å². The maximum absolute atomic E-state index is 13.3. The first-order chi connectivity index (χ1) is 5.62. The van der Waals surface area contributed by atoms with Crippen molar-refractivity contribution in [3.63, 3.8) is 0 Å². The summed E-state index contributed by atoms with van der Waals surface area (Å²) in [4.78, 5) is 0. The Morgan fingerprint density at radius 3 is 1.77 bits per heavy atom. The number of rotatable bonds is 3. The molecule has 0 spiro atoms. The van der Waals surface area contributed by atoms with Crippen molar-refractivity contribution in [3.05, 3.63) is 12.7 Å². The lowest BCUT2D eigenvalue weighted by atomic mass is 9.83. The van der Waals surface area contributed by atoms with E-state index in [2.05, 4.69) is 6.58 Å². The Kier molecular flexibility index (Phi) is 3.14. The Morgan fingerprint density at radius 1 is 1.31 bits per heavy atom. The highest BCUT2D eigenvalue weighted by Gasteiger charge is 2.63. The predicted molar refractivity (Wildman–Crippen MR) is 41.0 cm³/mol. The first-order valence-electron chi connectivity index (χ1n) is 3.74. The van der Waals surface area contributed by atoms with Gasteiger partial charge < -0.3 is 5.11 Å². The Hall–Kier alpha value is -0.580. The van der Waals surface area contributed by atoms with E-state index in [1.807, 2.05) is 0 Å². The monoisotopic (exact) mass is 200 g/mol. The van der Waals surface area contributed by atoms with Gasteiger partial charge in [0.1, 0.15) is 5.60 Å². The summed E-state index contributed by atoms with van der Waals surface area (Å²) >= 11 is 0. The Labute approximate surface area is 74.1 Å². The van der Waals surface area contributed by atoms with Crippen LogP contribution in [0.2, 0.25) is 0 Å². The van der Waals surface area contributed by atoms with Crippen LogP contribution in [0.15, 0.2) is 12.7 Å². The first-order valence-corrected chi connectivity index (χ1v) is 3.74. The van der Waals surface area contributed by atoms with Crippen molar-refractivity contribution in [2.45, 2.75) is 37.7 Å². The quantitative estimate of drug-likeness (QED) is 0.548. The molecule has 5 heteroatoms. The number of halogens is 4. The zero-order chi connectivity index (χ0) is 10.9. The molecule has 13 heavy (non-hydrogen) atoms. The molecule has 0 aromatic rings. The van der Waals surface area contributed by atoms with Crippen molar-refractivity contribution in [1.82, 2.24) is 0 Å². The van der Waals surface area contributed by atoms with Crippen molar-refractivity contribution in [2.75, 3.05) is 0 Å². The van der Waals surface area contributed by atoms with Gasteiger partial charge in [-0.15, -0.1) is 0 Å². The fourth-order valence-electron chi connectivity index (χ4n) is 0.898. The molecule has 78 valence electrons. The molecule has 0 aliphatic rings. The standard InChI is InChI=1S/C8H12F4O/c1-4-6(3,13)7(9,5-2)8(10,11)12/h5,13H,2,4H2,1,3H3. The summed E-state index contributed by atoms with van der Waals surface area (Å²) in [6.45, 7) is 4.82. The smallest absolute Gasteiger partial charge is 0.386 e. The van der Waals surface area contributed by atoms with Gasteiger partial charge in [0, 0.05) is 0 Å². The van der Waals surface area contributed by atoms with Gasteiger partial charge in [-0.05, 0) is 19.4 Å². The van der Waals surface area contributed by atoms with Gasteiger partial charge in [0.2, 0.25) is 0 Å². The summed E-state index contributed by atoms with van der Waals surface area (Å²) in [6.07, 6.45) is -5.40. The molecule has 0 saturated heterocycles. The topological polar surface area (TPSA) is 20.2 Å². The van der Waals surface area contributed by atoms with E-state index >= 15 is 0 Å². The second kappa shape index (κ2) is 3.29. The van der Waals surface area contributed by atoms with Gasteiger partial charge in [0.15, 0.2) is 0 Å². The first kappa shape index (κ1) is 12.4. The van der Waals surface area contributed by atoms with E-state index in [0.29, 0.717) is 0 Å². The molecule has 0 aromatic heterocycles. The second-order valence-electron chi connectivity index (χ2n) is 3.04. The highest BCUT2D eigenvalue weighted by molar-refractivity contribution is 5.12. The highest BCUT2D eigenvalue weighted by atomic mass is 19.4. The van der Waals surface area contributed by atoms with E-state index in [-0.39, 0.29) is 12.5 Å². The lowest BCUT2D eigenvalue weighted by molar-refractivity contribution is -0.265. The summed E-state index contributed by atoms with van der Waals surface area (Å²) in [6, 6.07) is 0. The third-order valence-corrected chi connectivity index (χ3v) is 2.17. The van der Waals surface area contributed by atoms with Gasteiger partial charge in [-0.25, -0.2) is 4.39 Å². The van der Waals surface area contributed by atoms with Gasteiger partial charge in [-0.3, -0.25) is 0 Å². The Balaban J connectivity index is 5.18. The molecule has 0 rings (SSSR count). The van der Waals surface area contributed by atoms with Gasteiger partial charge >= 0.3 is 6.18 Å². The summed E-state index contributed by atoms with van der Waals surface area (Å²) < 4.78 is 49.9. The molecule has 1 nitrogen and oxygen atoms in total. The maximum Gasteiger partial charge on any atom is 0.429 e. The second-order valence-corrected chi connectivity index (χ2v) is 3.04. The Bertz CT molecular complexity index is 197. The van der Waals surface area contributed by atoms with E-state index in [9.17, 15) is 22.7 Å². The maximum atomic E-state index is 13.3. The molecule has 0 aromatic carbocycles. The molecular weight excluding hydrogens is 188 g/mol. The van der Waals surface area contributed by atoms with Crippen molar-refractivity contribution >= 4 is 0 Å². The molecule has 0 heterocycles. The minimum absolute atomic E-state index is 0.0938. The molecule has 2 unspecified atom stereocenters. The average molecular weight is 200 g/mol. The van der Waals surface area contributed by atoms with Crippen LogP contribution in [0, 0.1) is 0 Å². The molecular formula is C8H12F4O. The summed E-state index contributed by atoms with van der Waals surface area (Å²) in [5, 5.41) is 9.21. The summed E-state index contributed by atoms with van der Waals surface area (Å²) in [5.74, 6) is 0. The SMILES string of the molecule is C=CC(F)(C(F)(F)F)C(C)(O)CC. The third-order valence-electron chi connectivity index (χ3n) is 2.17. The zero-order valence-corrected chi connectivity index (χ0v) is 7.45. The van der Waals surface area contributed by atoms with Crippen LogP contribution in [0.25, 0.3) is 0 Å². The van der Waals surface area contributed by atoms with Crippen LogP contribution in [0.5, 0.6) is 0 Å². The lowest BCUT2D eigenvalue weighted by Gasteiger charge is -2.37. The van der Waals surface area contributed by atoms with Crippen LogP contribution in [0.3, 0.4) is 0 Å². The molecule has 0 bridgehead atoms. The predicted octanol–water partition coefficient (Wildman–Crippen LogP) is 2.60. The Morgan fingerprint density at radius 2 is 1.69 bits per heavy atom. The molecule has 0 amide bonds. The van der Waals surface area contributed by atoms with E-state index in [4.69, 9.17) is 0 Å². The van der Waals surface area contributed by atoms with Gasteiger partial charge in [-0.1, -0.05) is 13.5 Å². The molecule has 0 fully saturated rings. The summed E-state index contributed by atoms with van der Waals surface area (Å²) in [7, 11) is 0. The number of aliphatic hydroxyl groups is 1. The van der Waals surface area contributed by atoms with E-state index in [1.54, 1.807) is 0 Å². The fraction of sp³-hybridized carbons (Fsp3) is 0.750. The van der Waals surface area contributed by atoms with Crippen molar-refractivity contribution < 1.29 is 22.7 Å².